The van der Waals surface area contributed by atoms with Gasteiger partial charge in [-0.25, -0.2) is 0 Å². The molecule has 0 saturated heterocycles. The maximum Gasteiger partial charge on any atom is 0.499 e. The van der Waals surface area contributed by atoms with Crippen LogP contribution in [0.2, 0.25) is 0 Å². The number of halogens is 2. The molecule has 0 aromatic rings. The Morgan fingerprint density at radius 1 is 1.00 bits per heavy atom. The maximum atomic E-state index is 10.0. The fourth-order valence-electron chi connectivity index (χ4n) is 0.106. The molecule has 0 rings (SSSR count). The molecular weight excluding hydrogens is 227 g/mol. The summed E-state index contributed by atoms with van der Waals surface area (Å²) in [5.41, 5.74) is 6.27. The molecule has 0 atom stereocenters. The zero-order valence-corrected chi connectivity index (χ0v) is 7.30. The molecule has 0 saturated carbocycles. The molecule has 0 amide bonds. The van der Waals surface area contributed by atoms with Gasteiger partial charge in [-0.05, 0) is 5.53 Å². The highest BCUT2D eigenvalue weighted by molar-refractivity contribution is 8.19. The third kappa shape index (κ3) is 2.78. The third-order valence-corrected chi connectivity index (χ3v) is 3.68. The minimum absolute atomic E-state index is 0.900. The first-order valence-electron chi connectivity index (χ1n) is 1.56. The Morgan fingerprint density at radius 3 is 1.20 bits per heavy atom. The standard InChI is InChI=1S/Cl2HN2O4S2/c1-9(5,6)4(3)10(2,7)8/h3H/q+1. The first-order chi connectivity index (χ1) is 4.15. The Bertz CT molecular complexity index is 301. The molecule has 0 unspecified atom stereocenters. The summed E-state index contributed by atoms with van der Waals surface area (Å²) in [6, 6.07) is 0. The molecular formula is HCl2N2O4S2+. The molecule has 10 heavy (non-hydrogen) atoms. The fraction of sp³-hybridized carbons (Fsp3) is 0. The van der Waals surface area contributed by atoms with Crippen LogP contribution in [0.25, 0.3) is 0 Å². The van der Waals surface area contributed by atoms with Crippen molar-refractivity contribution in [3.8, 4) is 0 Å². The Kier molecular flexibility index (Phi) is 2.63. The van der Waals surface area contributed by atoms with Gasteiger partial charge in [0.15, 0.2) is 0 Å². The van der Waals surface area contributed by atoms with Crippen LogP contribution < -0.4 is 0 Å². The third-order valence-electron chi connectivity index (χ3n) is 0.396. The highest BCUT2D eigenvalue weighted by Crippen LogP contribution is 2.07. The highest BCUT2D eigenvalue weighted by Gasteiger charge is 2.35. The second kappa shape index (κ2) is 2.61. The van der Waals surface area contributed by atoms with Crippen molar-refractivity contribution in [3.05, 3.63) is 0 Å². The van der Waals surface area contributed by atoms with E-state index in [1.54, 1.807) is 0 Å². The van der Waals surface area contributed by atoms with Crippen molar-refractivity contribution in [2.24, 2.45) is 0 Å². The van der Waals surface area contributed by atoms with E-state index in [9.17, 15) is 16.8 Å². The van der Waals surface area contributed by atoms with Gasteiger partial charge in [0.25, 0.3) is 0 Å². The van der Waals surface area contributed by atoms with Crippen molar-refractivity contribution >= 4 is 39.8 Å². The van der Waals surface area contributed by atoms with Crippen molar-refractivity contribution in [1.82, 2.24) is 0 Å². The Balaban J connectivity index is 5.16. The first kappa shape index (κ1) is 10.1. The van der Waals surface area contributed by atoms with Gasteiger partial charge >= 0.3 is 18.5 Å². The van der Waals surface area contributed by atoms with Gasteiger partial charge < -0.3 is 0 Å². The summed E-state index contributed by atoms with van der Waals surface area (Å²) in [6.07, 6.45) is 0. The van der Waals surface area contributed by atoms with Crippen molar-refractivity contribution in [3.63, 3.8) is 0 Å². The lowest BCUT2D eigenvalue weighted by atomic mass is 13.2. The Labute approximate surface area is 66.0 Å². The van der Waals surface area contributed by atoms with Crippen LogP contribution in [0.5, 0.6) is 0 Å². The SMILES string of the molecule is N=[N+](S(=O)(=O)Cl)S(=O)(=O)Cl. The van der Waals surface area contributed by atoms with E-state index in [1.165, 1.54) is 0 Å². The van der Waals surface area contributed by atoms with Crippen LogP contribution in [-0.2, 0) is 18.5 Å². The summed E-state index contributed by atoms with van der Waals surface area (Å²) < 4.78 is 39.2. The molecule has 0 heterocycles. The number of nitrogens with zero attached hydrogens (tertiary/aromatic N) is 1. The molecule has 0 aliphatic rings. The molecule has 0 aromatic heterocycles. The molecule has 0 bridgehead atoms. The second-order valence-corrected chi connectivity index (χ2v) is 6.03. The number of hydrogen-bond acceptors (Lipinski definition) is 5. The summed E-state index contributed by atoms with van der Waals surface area (Å²) in [5.74, 6) is 0. The predicted octanol–water partition coefficient (Wildman–Crippen LogP) is -0.00293. The zero-order valence-electron chi connectivity index (χ0n) is 4.15. The van der Waals surface area contributed by atoms with Gasteiger partial charge in [0.2, 0.25) is 0 Å². The van der Waals surface area contributed by atoms with Gasteiger partial charge in [0, 0.05) is 0 Å². The molecule has 10 heteroatoms. The summed E-state index contributed by atoms with van der Waals surface area (Å²) in [7, 11) is -0.386. The number of nitrogens with one attached hydrogen (secondary N) is 1. The monoisotopic (exact) mass is 227 g/mol. The summed E-state index contributed by atoms with van der Waals surface area (Å²) >= 11 is 0. The zero-order chi connectivity index (χ0) is 8.58. The lowest BCUT2D eigenvalue weighted by Gasteiger charge is -1.81. The van der Waals surface area contributed by atoms with E-state index in [-0.39, 0.29) is 0 Å². The van der Waals surface area contributed by atoms with Gasteiger partial charge in [-0.2, -0.15) is 0 Å². The van der Waals surface area contributed by atoms with Crippen LogP contribution in [0.15, 0.2) is 0 Å². The van der Waals surface area contributed by atoms with E-state index < -0.39 is 22.0 Å². The predicted molar refractivity (Wildman–Crippen MR) is 32.5 cm³/mol. The van der Waals surface area contributed by atoms with Crippen molar-refractivity contribution < 1.29 is 20.3 Å². The van der Waals surface area contributed by atoms with Gasteiger partial charge in [0.05, 0.1) is 21.4 Å². The quantitative estimate of drug-likeness (QED) is 0.408. The summed E-state index contributed by atoms with van der Waals surface area (Å²) in [5, 5.41) is 0. The van der Waals surface area contributed by atoms with Crippen LogP contribution in [0.3, 0.4) is 0 Å². The highest BCUT2D eigenvalue weighted by atomic mass is 35.7. The van der Waals surface area contributed by atoms with Crippen LogP contribution in [0.4, 0.5) is 0 Å². The van der Waals surface area contributed by atoms with Gasteiger partial charge in [0.1, 0.15) is 3.51 Å². The topological polar surface area (TPSA) is 95.1 Å². The Hall–Kier alpha value is 0.0800. The minimum Gasteiger partial charge on any atom is -0.144 e. The maximum absolute atomic E-state index is 10.0. The van der Waals surface area contributed by atoms with Crippen molar-refractivity contribution in [2.75, 3.05) is 0 Å². The lowest BCUT2D eigenvalue weighted by molar-refractivity contribution is -0.288. The smallest absolute Gasteiger partial charge is 0.144 e. The molecule has 0 fully saturated rings. The van der Waals surface area contributed by atoms with Gasteiger partial charge in [-0.15, -0.1) is 16.8 Å². The first-order valence-corrected chi connectivity index (χ1v) is 6.10. The Morgan fingerprint density at radius 2 is 1.20 bits per heavy atom. The van der Waals surface area contributed by atoms with Crippen LogP contribution in [0, 0.1) is 5.53 Å². The normalized spacial score (nSPS) is 13.0. The molecule has 0 radical (unpaired) electrons. The average molecular weight is 228 g/mol. The van der Waals surface area contributed by atoms with E-state index in [0.29, 0.717) is 0 Å². The van der Waals surface area contributed by atoms with E-state index in [2.05, 4.69) is 21.4 Å². The van der Waals surface area contributed by atoms with Crippen LogP contribution >= 0.6 is 21.4 Å². The molecule has 0 spiro atoms. The molecule has 6 nitrogen and oxygen atoms in total. The largest absolute Gasteiger partial charge is 0.499 e. The minimum atomic E-state index is -4.61. The number of hydrogen-bond donors (Lipinski definition) is 1. The number of rotatable bonds is 2. The van der Waals surface area contributed by atoms with Crippen molar-refractivity contribution in [2.45, 2.75) is 0 Å². The van der Waals surface area contributed by atoms with E-state index >= 15 is 0 Å². The van der Waals surface area contributed by atoms with Crippen LogP contribution in [-0.4, -0.2) is 20.3 Å². The molecule has 0 aliphatic carbocycles. The van der Waals surface area contributed by atoms with E-state index in [1.807, 2.05) is 0 Å². The van der Waals surface area contributed by atoms with E-state index in [4.69, 9.17) is 5.53 Å². The summed E-state index contributed by atoms with van der Waals surface area (Å²) in [6.45, 7) is 0. The summed E-state index contributed by atoms with van der Waals surface area (Å²) in [4.78, 5) is 0. The lowest BCUT2D eigenvalue weighted by Crippen LogP contribution is -2.16. The second-order valence-electron chi connectivity index (χ2n) is 1.08. The van der Waals surface area contributed by atoms with Crippen LogP contribution in [0.1, 0.15) is 0 Å². The fourth-order valence-corrected chi connectivity index (χ4v) is 2.55. The van der Waals surface area contributed by atoms with Crippen molar-refractivity contribution in [1.29, 1.82) is 5.53 Å². The molecule has 60 valence electrons. The van der Waals surface area contributed by atoms with Gasteiger partial charge in [-0.1, -0.05) is 0 Å². The molecule has 0 aromatic carbocycles. The van der Waals surface area contributed by atoms with Gasteiger partial charge in [-0.3, -0.25) is 0 Å². The molecule has 0 aliphatic heterocycles. The molecule has 1 N–H and O–H groups in total. The average Bonchev–Trinajstić information content (AvgIpc) is 1.59. The van der Waals surface area contributed by atoms with E-state index in [0.717, 1.165) is 0 Å².